The summed E-state index contributed by atoms with van der Waals surface area (Å²) in [6.45, 7) is 0. The predicted octanol–water partition coefficient (Wildman–Crippen LogP) is 1.09. The van der Waals surface area contributed by atoms with E-state index in [2.05, 4.69) is 0 Å². The first-order chi connectivity index (χ1) is 4.43. The van der Waals surface area contributed by atoms with E-state index >= 15 is 0 Å². The molecule has 1 atom stereocenters. The van der Waals surface area contributed by atoms with Crippen LogP contribution in [0.3, 0.4) is 0 Å². The van der Waals surface area contributed by atoms with E-state index in [0.29, 0.717) is 5.75 Å². The molecule has 0 fully saturated rings. The van der Waals surface area contributed by atoms with Gasteiger partial charge in [-0.15, -0.1) is 0 Å². The van der Waals surface area contributed by atoms with Gasteiger partial charge in [0.15, 0.2) is 0 Å². The van der Waals surface area contributed by atoms with Crippen LogP contribution in [0.4, 0.5) is 0 Å². The standard InChI is InChI=1S/C6H7O2P.K.H/c7-9-8-6-4-2-1-3-5-6;;/h1-5H,9H2;;. The molecule has 1 aromatic carbocycles. The average molecular weight is 182 g/mol. The fourth-order valence-electron chi connectivity index (χ4n) is 0.555. The van der Waals surface area contributed by atoms with E-state index in [1.54, 1.807) is 12.1 Å². The Balaban J connectivity index is 0.000000810. The number of para-hydroxylation sites is 1. The van der Waals surface area contributed by atoms with E-state index in [1.165, 1.54) is 0 Å². The summed E-state index contributed by atoms with van der Waals surface area (Å²) in [5.41, 5.74) is 0. The van der Waals surface area contributed by atoms with Gasteiger partial charge in [0.2, 0.25) is 8.69 Å². The molecule has 0 saturated heterocycles. The second-order valence-corrected chi connectivity index (χ2v) is 1.96. The zero-order valence-electron chi connectivity index (χ0n) is 4.78. The second kappa shape index (κ2) is 6.59. The van der Waals surface area contributed by atoms with Gasteiger partial charge in [-0.25, -0.2) is 0 Å². The summed E-state index contributed by atoms with van der Waals surface area (Å²) in [5, 5.41) is 0. The van der Waals surface area contributed by atoms with Crippen molar-refractivity contribution in [2.24, 2.45) is 0 Å². The van der Waals surface area contributed by atoms with Crippen molar-refractivity contribution in [1.29, 1.82) is 0 Å². The normalized spacial score (nSPS) is 9.20. The van der Waals surface area contributed by atoms with E-state index in [9.17, 15) is 4.57 Å². The Bertz CT molecular complexity index is 190. The van der Waals surface area contributed by atoms with Crippen molar-refractivity contribution >= 4 is 60.1 Å². The summed E-state index contributed by atoms with van der Waals surface area (Å²) >= 11 is 0. The molecular formula is C6H8KO2P. The van der Waals surface area contributed by atoms with Crippen molar-refractivity contribution in [3.8, 4) is 5.75 Å². The van der Waals surface area contributed by atoms with Gasteiger partial charge in [0.05, 0.1) is 0 Å². The molecule has 10 heavy (non-hydrogen) atoms. The number of hydrogen-bond acceptors (Lipinski definition) is 2. The minimum absolute atomic E-state index is 0. The van der Waals surface area contributed by atoms with Gasteiger partial charge in [0, 0.05) is 0 Å². The molecule has 0 aliphatic carbocycles. The van der Waals surface area contributed by atoms with Crippen LogP contribution in [-0.2, 0) is 4.57 Å². The van der Waals surface area contributed by atoms with Crippen molar-refractivity contribution < 1.29 is 9.09 Å². The molecule has 4 heteroatoms. The molecule has 0 heterocycles. The molecule has 2 nitrogen and oxygen atoms in total. The molecule has 0 aromatic heterocycles. The molecule has 0 bridgehead atoms. The Morgan fingerprint density at radius 2 is 1.80 bits per heavy atom. The first-order valence-electron chi connectivity index (χ1n) is 2.59. The summed E-state index contributed by atoms with van der Waals surface area (Å²) < 4.78 is 14.7. The molecule has 0 saturated carbocycles. The average Bonchev–Trinajstić information content (AvgIpc) is 1.91. The second-order valence-electron chi connectivity index (χ2n) is 1.53. The SMILES string of the molecule is O=[PH2]Oc1ccccc1.[KH]. The fraction of sp³-hybridized carbons (Fsp3) is 0. The summed E-state index contributed by atoms with van der Waals surface area (Å²) in [6.07, 6.45) is 0. The minimum atomic E-state index is -1.12. The van der Waals surface area contributed by atoms with Crippen LogP contribution < -0.4 is 4.52 Å². The Morgan fingerprint density at radius 1 is 1.20 bits per heavy atom. The monoisotopic (exact) mass is 182 g/mol. The Hall–Kier alpha value is 0.886. The van der Waals surface area contributed by atoms with Crippen molar-refractivity contribution in [1.82, 2.24) is 0 Å². The molecule has 1 unspecified atom stereocenters. The molecule has 0 N–H and O–H groups in total. The van der Waals surface area contributed by atoms with E-state index in [0.717, 1.165) is 0 Å². The van der Waals surface area contributed by atoms with Crippen molar-refractivity contribution in [2.45, 2.75) is 0 Å². The van der Waals surface area contributed by atoms with Crippen molar-refractivity contribution in [3.63, 3.8) is 0 Å². The van der Waals surface area contributed by atoms with Gasteiger partial charge < -0.3 is 4.52 Å². The summed E-state index contributed by atoms with van der Waals surface area (Å²) in [5.74, 6) is 0.669. The van der Waals surface area contributed by atoms with E-state index in [4.69, 9.17) is 4.52 Å². The summed E-state index contributed by atoms with van der Waals surface area (Å²) in [6, 6.07) is 9.09. The zero-order valence-corrected chi connectivity index (χ0v) is 5.94. The molecule has 0 aliphatic heterocycles. The first kappa shape index (κ1) is 10.9. The molecule has 0 radical (unpaired) electrons. The first-order valence-corrected chi connectivity index (χ1v) is 3.53. The van der Waals surface area contributed by atoms with Crippen LogP contribution in [0.2, 0.25) is 0 Å². The molecule has 50 valence electrons. The van der Waals surface area contributed by atoms with Gasteiger partial charge in [-0.1, -0.05) is 18.2 Å². The van der Waals surface area contributed by atoms with Crippen LogP contribution in [0, 0.1) is 0 Å². The van der Waals surface area contributed by atoms with Gasteiger partial charge in [-0.2, -0.15) is 0 Å². The van der Waals surface area contributed by atoms with Crippen LogP contribution in [-0.4, -0.2) is 51.4 Å². The van der Waals surface area contributed by atoms with Gasteiger partial charge in [0.1, 0.15) is 5.75 Å². The third-order valence-corrected chi connectivity index (χ3v) is 1.30. The maximum atomic E-state index is 9.96. The van der Waals surface area contributed by atoms with E-state index in [-0.39, 0.29) is 51.4 Å². The molecule has 1 aromatic rings. The molecule has 0 amide bonds. The van der Waals surface area contributed by atoms with Gasteiger partial charge in [-0.05, 0) is 12.1 Å². The van der Waals surface area contributed by atoms with Crippen LogP contribution in [0.25, 0.3) is 0 Å². The van der Waals surface area contributed by atoms with Crippen LogP contribution in [0.5, 0.6) is 5.75 Å². The van der Waals surface area contributed by atoms with Gasteiger partial charge in [0.25, 0.3) is 0 Å². The molecule has 0 aliphatic rings. The van der Waals surface area contributed by atoms with Gasteiger partial charge >= 0.3 is 51.4 Å². The molecule has 1 rings (SSSR count). The van der Waals surface area contributed by atoms with Gasteiger partial charge in [-0.3, -0.25) is 4.57 Å². The van der Waals surface area contributed by atoms with Crippen LogP contribution >= 0.6 is 8.69 Å². The summed E-state index contributed by atoms with van der Waals surface area (Å²) in [4.78, 5) is 0. The maximum absolute atomic E-state index is 9.96. The number of benzene rings is 1. The van der Waals surface area contributed by atoms with E-state index < -0.39 is 8.69 Å². The Kier molecular flexibility index (Phi) is 7.17. The summed E-state index contributed by atoms with van der Waals surface area (Å²) in [7, 11) is -1.12. The topological polar surface area (TPSA) is 26.3 Å². The Labute approximate surface area is 104 Å². The fourth-order valence-corrected chi connectivity index (χ4v) is 0.823. The zero-order chi connectivity index (χ0) is 6.53. The third kappa shape index (κ3) is 3.91. The molecular weight excluding hydrogens is 174 g/mol. The van der Waals surface area contributed by atoms with Crippen LogP contribution in [0.1, 0.15) is 0 Å². The number of hydrogen-bond donors (Lipinski definition) is 0. The third-order valence-electron chi connectivity index (χ3n) is 0.927. The van der Waals surface area contributed by atoms with Crippen molar-refractivity contribution in [2.75, 3.05) is 0 Å². The quantitative estimate of drug-likeness (QED) is 0.505. The Morgan fingerprint density at radius 3 is 2.30 bits per heavy atom. The predicted molar refractivity (Wildman–Crippen MR) is 44.6 cm³/mol. The molecule has 0 spiro atoms. The van der Waals surface area contributed by atoms with Crippen LogP contribution in [0.15, 0.2) is 30.3 Å². The van der Waals surface area contributed by atoms with Crippen molar-refractivity contribution in [3.05, 3.63) is 30.3 Å². The van der Waals surface area contributed by atoms with E-state index in [1.807, 2.05) is 18.2 Å². The number of rotatable bonds is 2.